The van der Waals surface area contributed by atoms with Crippen LogP contribution in [0.4, 0.5) is 0 Å². The van der Waals surface area contributed by atoms with E-state index < -0.39 is 0 Å². The summed E-state index contributed by atoms with van der Waals surface area (Å²) < 4.78 is 0. The molecule has 1 fully saturated rings. The van der Waals surface area contributed by atoms with Crippen molar-refractivity contribution in [3.05, 3.63) is 34.9 Å². The third kappa shape index (κ3) is 2.68. The van der Waals surface area contributed by atoms with E-state index in [2.05, 4.69) is 39.0 Å². The Hall–Kier alpha value is -0.490. The van der Waals surface area contributed by atoms with Gasteiger partial charge in [-0.3, -0.25) is 0 Å². The molecular formula is C16H23Cl. The summed E-state index contributed by atoms with van der Waals surface area (Å²) in [4.78, 5) is 0. The van der Waals surface area contributed by atoms with Crippen molar-refractivity contribution in [3.63, 3.8) is 0 Å². The van der Waals surface area contributed by atoms with E-state index in [1.54, 1.807) is 0 Å². The molecule has 0 aromatic heterocycles. The molecule has 1 saturated carbocycles. The van der Waals surface area contributed by atoms with Gasteiger partial charge in [0.1, 0.15) is 0 Å². The Morgan fingerprint density at radius 2 is 1.76 bits per heavy atom. The standard InChI is InChI=1S/C16H23Cl/c1-12-7-8-13(2)14(11-12)15(17)16(3)9-5-4-6-10-16/h7-8,11,15H,4-6,9-10H2,1-3H3. The molecule has 0 heterocycles. The Bertz CT molecular complexity index is 389. The third-order valence-electron chi connectivity index (χ3n) is 4.32. The first kappa shape index (κ1) is 13.0. The Kier molecular flexibility index (Phi) is 3.82. The van der Waals surface area contributed by atoms with Crippen LogP contribution in [-0.4, -0.2) is 0 Å². The van der Waals surface area contributed by atoms with Crippen LogP contribution >= 0.6 is 11.6 Å². The second-order valence-electron chi connectivity index (χ2n) is 5.94. The van der Waals surface area contributed by atoms with Crippen LogP contribution in [0.15, 0.2) is 18.2 Å². The van der Waals surface area contributed by atoms with E-state index in [0.29, 0.717) is 5.41 Å². The molecule has 1 aromatic carbocycles. The Morgan fingerprint density at radius 3 is 2.41 bits per heavy atom. The molecule has 0 N–H and O–H groups in total. The summed E-state index contributed by atoms with van der Waals surface area (Å²) in [7, 11) is 0. The number of hydrogen-bond acceptors (Lipinski definition) is 0. The zero-order valence-corrected chi connectivity index (χ0v) is 12.0. The highest BCUT2D eigenvalue weighted by atomic mass is 35.5. The molecule has 1 aromatic rings. The van der Waals surface area contributed by atoms with E-state index in [1.807, 2.05) is 0 Å². The summed E-state index contributed by atoms with van der Waals surface area (Å²) in [6.45, 7) is 6.69. The number of rotatable bonds is 2. The van der Waals surface area contributed by atoms with Gasteiger partial charge < -0.3 is 0 Å². The van der Waals surface area contributed by atoms with Gasteiger partial charge in [-0.1, -0.05) is 49.9 Å². The maximum absolute atomic E-state index is 6.80. The highest BCUT2D eigenvalue weighted by molar-refractivity contribution is 6.21. The van der Waals surface area contributed by atoms with Crippen molar-refractivity contribution >= 4 is 11.6 Å². The van der Waals surface area contributed by atoms with Gasteiger partial charge in [-0.2, -0.15) is 0 Å². The quantitative estimate of drug-likeness (QED) is 0.604. The predicted molar refractivity (Wildman–Crippen MR) is 75.7 cm³/mol. The zero-order valence-electron chi connectivity index (χ0n) is 11.2. The third-order valence-corrected chi connectivity index (χ3v) is 5.08. The van der Waals surface area contributed by atoms with Crippen LogP contribution in [-0.2, 0) is 0 Å². The van der Waals surface area contributed by atoms with E-state index in [0.717, 1.165) is 0 Å². The monoisotopic (exact) mass is 250 g/mol. The first-order valence-electron chi connectivity index (χ1n) is 6.74. The zero-order chi connectivity index (χ0) is 12.5. The first-order chi connectivity index (χ1) is 8.03. The summed E-state index contributed by atoms with van der Waals surface area (Å²) in [5, 5.41) is 0.169. The van der Waals surface area contributed by atoms with Crippen molar-refractivity contribution in [2.75, 3.05) is 0 Å². The van der Waals surface area contributed by atoms with E-state index in [-0.39, 0.29) is 5.38 Å². The summed E-state index contributed by atoms with van der Waals surface area (Å²) in [6, 6.07) is 6.64. The molecule has 0 aliphatic heterocycles. The summed E-state index contributed by atoms with van der Waals surface area (Å²) in [6.07, 6.45) is 6.60. The molecule has 0 spiro atoms. The smallest absolute Gasteiger partial charge is 0.0641 e. The van der Waals surface area contributed by atoms with Crippen LogP contribution in [0, 0.1) is 19.3 Å². The molecule has 1 aliphatic carbocycles. The van der Waals surface area contributed by atoms with Crippen LogP contribution in [0.5, 0.6) is 0 Å². The van der Waals surface area contributed by atoms with E-state index in [1.165, 1.54) is 48.8 Å². The lowest BCUT2D eigenvalue weighted by molar-refractivity contribution is 0.206. The second kappa shape index (κ2) is 5.02. The number of hydrogen-bond donors (Lipinski definition) is 0. The number of benzene rings is 1. The van der Waals surface area contributed by atoms with Gasteiger partial charge >= 0.3 is 0 Å². The largest absolute Gasteiger partial charge is 0.117 e. The van der Waals surface area contributed by atoms with E-state index in [4.69, 9.17) is 11.6 Å². The fourth-order valence-electron chi connectivity index (χ4n) is 3.02. The maximum atomic E-state index is 6.80. The lowest BCUT2D eigenvalue weighted by atomic mass is 9.71. The Balaban J connectivity index is 2.29. The molecule has 0 nitrogen and oxygen atoms in total. The summed E-state index contributed by atoms with van der Waals surface area (Å²) in [5.41, 5.74) is 4.28. The molecule has 0 amide bonds. The molecule has 2 rings (SSSR count). The van der Waals surface area contributed by atoms with Crippen molar-refractivity contribution in [3.8, 4) is 0 Å². The van der Waals surface area contributed by atoms with Crippen molar-refractivity contribution in [2.24, 2.45) is 5.41 Å². The molecule has 1 unspecified atom stereocenters. The topological polar surface area (TPSA) is 0 Å². The predicted octanol–water partition coefficient (Wildman–Crippen LogP) is 5.55. The van der Waals surface area contributed by atoms with Crippen LogP contribution < -0.4 is 0 Å². The van der Waals surface area contributed by atoms with Crippen molar-refractivity contribution in [1.82, 2.24) is 0 Å². The maximum Gasteiger partial charge on any atom is 0.0641 e. The van der Waals surface area contributed by atoms with E-state index in [9.17, 15) is 0 Å². The van der Waals surface area contributed by atoms with Crippen molar-refractivity contribution in [1.29, 1.82) is 0 Å². The molecule has 1 heteroatoms. The minimum absolute atomic E-state index is 0.169. The molecule has 1 atom stereocenters. The molecule has 0 radical (unpaired) electrons. The minimum Gasteiger partial charge on any atom is -0.117 e. The Morgan fingerprint density at radius 1 is 1.12 bits per heavy atom. The van der Waals surface area contributed by atoms with Gasteiger partial charge in [-0.05, 0) is 43.2 Å². The van der Waals surface area contributed by atoms with Crippen molar-refractivity contribution < 1.29 is 0 Å². The van der Waals surface area contributed by atoms with Crippen LogP contribution in [0.3, 0.4) is 0 Å². The van der Waals surface area contributed by atoms with Crippen LogP contribution in [0.1, 0.15) is 61.1 Å². The number of aryl methyl sites for hydroxylation is 2. The normalized spacial score (nSPS) is 21.2. The average molecular weight is 251 g/mol. The van der Waals surface area contributed by atoms with Gasteiger partial charge in [-0.25, -0.2) is 0 Å². The first-order valence-corrected chi connectivity index (χ1v) is 7.18. The second-order valence-corrected chi connectivity index (χ2v) is 6.37. The highest BCUT2D eigenvalue weighted by Gasteiger charge is 2.35. The molecule has 0 saturated heterocycles. The average Bonchev–Trinajstić information content (AvgIpc) is 2.32. The van der Waals surface area contributed by atoms with Gasteiger partial charge in [0.25, 0.3) is 0 Å². The van der Waals surface area contributed by atoms with Gasteiger partial charge in [0, 0.05) is 0 Å². The molecule has 1 aliphatic rings. The van der Waals surface area contributed by atoms with Crippen molar-refractivity contribution in [2.45, 2.75) is 58.3 Å². The lowest BCUT2D eigenvalue weighted by Gasteiger charge is -2.38. The van der Waals surface area contributed by atoms with Gasteiger partial charge in [0.2, 0.25) is 0 Å². The molecule has 94 valence electrons. The minimum atomic E-state index is 0.169. The van der Waals surface area contributed by atoms with Crippen LogP contribution in [0.25, 0.3) is 0 Å². The Labute approximate surface area is 110 Å². The summed E-state index contributed by atoms with van der Waals surface area (Å²) >= 11 is 6.80. The van der Waals surface area contributed by atoms with Gasteiger partial charge in [-0.15, -0.1) is 11.6 Å². The van der Waals surface area contributed by atoms with Crippen LogP contribution in [0.2, 0.25) is 0 Å². The van der Waals surface area contributed by atoms with Gasteiger partial charge in [0.15, 0.2) is 0 Å². The fourth-order valence-corrected chi connectivity index (χ4v) is 3.47. The summed E-state index contributed by atoms with van der Waals surface area (Å²) in [5.74, 6) is 0. The molecule has 0 bridgehead atoms. The van der Waals surface area contributed by atoms with E-state index >= 15 is 0 Å². The van der Waals surface area contributed by atoms with Gasteiger partial charge in [0.05, 0.1) is 5.38 Å². The SMILES string of the molecule is Cc1ccc(C)c(C(Cl)C2(C)CCCCC2)c1. The molecular weight excluding hydrogens is 228 g/mol. The lowest BCUT2D eigenvalue weighted by Crippen LogP contribution is -2.25. The molecule has 17 heavy (non-hydrogen) atoms. The fraction of sp³-hybridized carbons (Fsp3) is 0.625. The number of halogens is 1. The highest BCUT2D eigenvalue weighted by Crippen LogP contribution is 2.49. The number of alkyl halides is 1.